The first kappa shape index (κ1) is 50.4. The van der Waals surface area contributed by atoms with Crippen LogP contribution in [0.3, 0.4) is 0 Å². The van der Waals surface area contributed by atoms with Gasteiger partial charge in [-0.2, -0.15) is 0 Å². The fraction of sp³-hybridized carbons (Fsp3) is 0.517. The average molecular weight is 949 g/mol. The third-order valence-corrected chi connectivity index (χ3v) is 15.0. The summed E-state index contributed by atoms with van der Waals surface area (Å²) in [6.45, 7) is 8.74. The third-order valence-electron chi connectivity index (χ3n) is 15.0. The molecule has 0 spiro atoms. The predicted molar refractivity (Wildman–Crippen MR) is 286 cm³/mol. The maximum Gasteiger partial charge on any atom is 0.263 e. The first-order valence-corrected chi connectivity index (χ1v) is 26.7. The van der Waals surface area contributed by atoms with Gasteiger partial charge in [0.05, 0.1) is 33.3 Å². The Labute approximate surface area is 415 Å². The van der Waals surface area contributed by atoms with E-state index in [0.717, 1.165) is 125 Å². The minimum absolute atomic E-state index is 0.252. The number of anilines is 2. The number of aromatic amines is 2. The summed E-state index contributed by atoms with van der Waals surface area (Å²) >= 11 is 0. The van der Waals surface area contributed by atoms with Gasteiger partial charge in [-0.1, -0.05) is 130 Å². The van der Waals surface area contributed by atoms with Crippen molar-refractivity contribution in [3.63, 3.8) is 0 Å². The highest BCUT2D eigenvalue weighted by molar-refractivity contribution is 6.42. The van der Waals surface area contributed by atoms with Crippen molar-refractivity contribution in [1.29, 1.82) is 0 Å². The minimum Gasteiger partial charge on any atom is -0.378 e. The van der Waals surface area contributed by atoms with Gasteiger partial charge >= 0.3 is 0 Å². The summed E-state index contributed by atoms with van der Waals surface area (Å²) < 4.78 is 0. The van der Waals surface area contributed by atoms with E-state index in [1.165, 1.54) is 9.80 Å². The largest absolute Gasteiger partial charge is 0.378 e. The van der Waals surface area contributed by atoms with Crippen LogP contribution in [0.15, 0.2) is 48.5 Å². The molecule has 2 aromatic heterocycles. The number of benzene rings is 4. The van der Waals surface area contributed by atoms with Crippen LogP contribution >= 0.6 is 0 Å². The number of rotatable bonds is 26. The second kappa shape index (κ2) is 22.4. The van der Waals surface area contributed by atoms with Gasteiger partial charge in [0.1, 0.15) is 22.7 Å². The molecule has 0 radical (unpaired) electrons. The summed E-state index contributed by atoms with van der Waals surface area (Å²) in [5.74, 6) is -0.703. The summed E-state index contributed by atoms with van der Waals surface area (Å²) in [7, 11) is 7.97. The molecular weight excluding hydrogens is 873 g/mol. The number of imide groups is 2. The van der Waals surface area contributed by atoms with Crippen LogP contribution in [-0.2, 0) is 0 Å². The van der Waals surface area contributed by atoms with Crippen molar-refractivity contribution in [1.82, 2.24) is 29.7 Å². The van der Waals surface area contributed by atoms with Gasteiger partial charge in [-0.25, -0.2) is 9.97 Å². The lowest BCUT2D eigenvalue weighted by Crippen LogP contribution is -2.49. The molecule has 0 unspecified atom stereocenters. The summed E-state index contributed by atoms with van der Waals surface area (Å²) in [5, 5.41) is 0.629. The van der Waals surface area contributed by atoms with Crippen molar-refractivity contribution in [3.8, 4) is 22.8 Å². The molecule has 4 aromatic carbocycles. The van der Waals surface area contributed by atoms with Crippen molar-refractivity contribution in [2.75, 3.05) is 38.0 Å². The van der Waals surface area contributed by atoms with Crippen molar-refractivity contribution < 1.29 is 19.2 Å². The molecule has 12 nitrogen and oxygen atoms in total. The van der Waals surface area contributed by atoms with Crippen molar-refractivity contribution in [2.45, 2.75) is 168 Å². The van der Waals surface area contributed by atoms with Crippen LogP contribution in [0.25, 0.3) is 55.6 Å². The molecule has 0 aliphatic carbocycles. The molecule has 2 aliphatic heterocycles. The van der Waals surface area contributed by atoms with Gasteiger partial charge in [-0.05, 0) is 74.2 Å². The Morgan fingerprint density at radius 2 is 0.729 bits per heavy atom. The van der Waals surface area contributed by atoms with E-state index in [1.54, 1.807) is 0 Å². The highest BCUT2D eigenvalue weighted by Gasteiger charge is 2.48. The quantitative estimate of drug-likeness (QED) is 0.0405. The second-order valence-electron chi connectivity index (χ2n) is 20.4. The van der Waals surface area contributed by atoms with Crippen LogP contribution in [0.4, 0.5) is 11.4 Å². The summed E-state index contributed by atoms with van der Waals surface area (Å²) in [4.78, 5) is 88.0. The Kier molecular flexibility index (Phi) is 16.1. The molecule has 0 fully saturated rings. The van der Waals surface area contributed by atoms with Gasteiger partial charge in [0.2, 0.25) is 0 Å². The Morgan fingerprint density at radius 3 is 1.01 bits per heavy atom. The molecule has 8 rings (SSSR count). The number of H-pyrrole nitrogens is 2. The van der Waals surface area contributed by atoms with E-state index in [-0.39, 0.29) is 34.3 Å². The maximum atomic E-state index is 15.8. The number of carbonyl (C=O) groups is 4. The molecule has 12 heteroatoms. The third kappa shape index (κ3) is 9.71. The number of aromatic nitrogens is 4. The van der Waals surface area contributed by atoms with Gasteiger partial charge in [-0.15, -0.1) is 0 Å². The SMILES string of the molecule is CCCCCCC(CCCCCC)N1C(=O)c2c3nc(-c4ccc(N(C)C)cc4)[nH]c3c3c4c(c5nc(-c6ccc(N(C)C)cc6)[nH]c5c(c24)C1=O)C(=O)N(C(CCCCCC)CCCCCC)C3=O. The zero-order valence-electron chi connectivity index (χ0n) is 43.2. The Balaban J connectivity index is 1.43. The summed E-state index contributed by atoms with van der Waals surface area (Å²) in [6.07, 6.45) is 18.9. The van der Waals surface area contributed by atoms with E-state index >= 15 is 19.2 Å². The molecule has 2 N–H and O–H groups in total. The van der Waals surface area contributed by atoms with E-state index in [4.69, 9.17) is 9.97 Å². The van der Waals surface area contributed by atoms with Crippen LogP contribution in [0.1, 0.15) is 198 Å². The Morgan fingerprint density at radius 1 is 0.429 bits per heavy atom. The number of amides is 4. The van der Waals surface area contributed by atoms with E-state index in [2.05, 4.69) is 37.7 Å². The summed E-state index contributed by atoms with van der Waals surface area (Å²) in [6, 6.07) is 15.3. The van der Waals surface area contributed by atoms with Gasteiger partial charge in [0.25, 0.3) is 23.6 Å². The van der Waals surface area contributed by atoms with Crippen LogP contribution < -0.4 is 9.80 Å². The first-order valence-electron chi connectivity index (χ1n) is 26.7. The standard InChI is InChI=1S/C58H76N8O4/c1-9-13-17-21-25-41(26-22-18-14-10-2)65-55(67)45-43-44-47(51-49(45)59-53(61-51)37-29-33-39(34-30-37)63(5)6)57(69)66(42(27-23-19-15-11-3)28-24-20-16-12-4)58(70)48(44)52-50(46(43)56(65)68)60-54(62-52)38-31-35-40(36-32-38)64(7)8/h29-36,41-42H,9-28H2,1-8H3,(H,59,61)(H,60,62). The number of hydrogen-bond donors (Lipinski definition) is 2. The number of carbonyl (C=O) groups excluding carboxylic acids is 4. The van der Waals surface area contributed by atoms with Crippen LogP contribution in [0, 0.1) is 0 Å². The lowest BCUT2D eigenvalue weighted by atomic mass is 9.82. The number of nitrogens with zero attached hydrogens (tertiary/aromatic N) is 6. The van der Waals surface area contributed by atoms with E-state index < -0.39 is 23.6 Å². The molecule has 6 aromatic rings. The lowest BCUT2D eigenvalue weighted by molar-refractivity contribution is 0.0498. The molecule has 4 heterocycles. The predicted octanol–water partition coefficient (Wildman–Crippen LogP) is 13.9. The molecule has 4 amide bonds. The Bertz CT molecular complexity index is 2520. The number of imidazole rings is 2. The van der Waals surface area contributed by atoms with Gasteiger partial charge in [0.15, 0.2) is 0 Å². The highest BCUT2D eigenvalue weighted by Crippen LogP contribution is 2.48. The smallest absolute Gasteiger partial charge is 0.263 e. The minimum atomic E-state index is -0.428. The first-order chi connectivity index (χ1) is 33.9. The van der Waals surface area contributed by atoms with Crippen LogP contribution in [-0.4, -0.2) is 93.6 Å². The van der Waals surface area contributed by atoms with E-state index in [0.29, 0.717) is 70.2 Å². The topological polar surface area (TPSA) is 139 Å². The van der Waals surface area contributed by atoms with Crippen molar-refractivity contribution >= 4 is 67.8 Å². The van der Waals surface area contributed by atoms with E-state index in [1.807, 2.05) is 86.5 Å². The zero-order valence-corrected chi connectivity index (χ0v) is 43.2. The van der Waals surface area contributed by atoms with Crippen molar-refractivity contribution in [2.24, 2.45) is 0 Å². The average Bonchev–Trinajstić information content (AvgIpc) is 4.00. The highest BCUT2D eigenvalue weighted by atomic mass is 16.2. The fourth-order valence-corrected chi connectivity index (χ4v) is 11.0. The molecular formula is C58H76N8O4. The monoisotopic (exact) mass is 949 g/mol. The zero-order chi connectivity index (χ0) is 49.6. The number of hydrogen-bond acceptors (Lipinski definition) is 8. The maximum absolute atomic E-state index is 15.8. The number of fused-ring (bicyclic) bond motifs is 6. The number of unbranched alkanes of at least 4 members (excludes halogenated alkanes) is 12. The molecule has 0 bridgehead atoms. The normalized spacial score (nSPS) is 13.7. The molecule has 70 heavy (non-hydrogen) atoms. The Hall–Kier alpha value is -6.04. The molecule has 372 valence electrons. The second-order valence-corrected chi connectivity index (χ2v) is 20.4. The van der Waals surface area contributed by atoms with Crippen LogP contribution in [0.2, 0.25) is 0 Å². The van der Waals surface area contributed by atoms with Crippen molar-refractivity contribution in [3.05, 3.63) is 70.8 Å². The van der Waals surface area contributed by atoms with Gasteiger partial charge < -0.3 is 19.8 Å². The molecule has 0 saturated heterocycles. The number of nitrogens with one attached hydrogen (secondary N) is 2. The fourth-order valence-electron chi connectivity index (χ4n) is 11.0. The van der Waals surface area contributed by atoms with Gasteiger partial charge in [-0.3, -0.25) is 29.0 Å². The van der Waals surface area contributed by atoms with Crippen LogP contribution in [0.5, 0.6) is 0 Å². The molecule has 0 atom stereocenters. The molecule has 2 aliphatic rings. The lowest BCUT2D eigenvalue weighted by Gasteiger charge is -2.38. The summed E-state index contributed by atoms with van der Waals surface area (Å²) in [5.41, 5.74) is 6.12. The van der Waals surface area contributed by atoms with Gasteiger partial charge in [0, 0.05) is 73.5 Å². The van der Waals surface area contributed by atoms with E-state index in [9.17, 15) is 0 Å². The molecule has 0 saturated carbocycles.